The predicted molar refractivity (Wildman–Crippen MR) is 86.9 cm³/mol. The second kappa shape index (κ2) is 5.85. The summed E-state index contributed by atoms with van der Waals surface area (Å²) in [5, 5.41) is 4.29. The van der Waals surface area contributed by atoms with E-state index in [9.17, 15) is 0 Å². The van der Waals surface area contributed by atoms with Gasteiger partial charge in [0.1, 0.15) is 5.69 Å². The number of benzene rings is 1. The molecule has 0 amide bonds. The van der Waals surface area contributed by atoms with Crippen LogP contribution in [0.3, 0.4) is 0 Å². The lowest BCUT2D eigenvalue weighted by molar-refractivity contribution is 1.03. The van der Waals surface area contributed by atoms with Crippen LogP contribution in [0.25, 0.3) is 11.0 Å². The fourth-order valence-corrected chi connectivity index (χ4v) is 2.10. The van der Waals surface area contributed by atoms with Crippen molar-refractivity contribution in [1.82, 2.24) is 19.9 Å². The summed E-state index contributed by atoms with van der Waals surface area (Å²) >= 11 is 0. The number of hydrogen-bond acceptors (Lipinski definition) is 6. The molecule has 1 N–H and O–H groups in total. The van der Waals surface area contributed by atoms with Crippen LogP contribution in [0.1, 0.15) is 24.0 Å². The Bertz CT molecular complexity index is 836. The Hall–Kier alpha value is -2.89. The standard InChI is InChI=1S/C16H16N6/c1-10-8-11(2)19-16(18-10)22-21-12(3)15-9-17-13-6-4-5-7-14(13)20-15/h4-9H,1-3H3,(H,18,19,22)/b21-12-. The highest BCUT2D eigenvalue weighted by Crippen LogP contribution is 2.09. The van der Waals surface area contributed by atoms with E-state index in [2.05, 4.69) is 30.5 Å². The summed E-state index contributed by atoms with van der Waals surface area (Å²) in [6.45, 7) is 5.71. The van der Waals surface area contributed by atoms with Crippen molar-refractivity contribution in [3.8, 4) is 0 Å². The van der Waals surface area contributed by atoms with Gasteiger partial charge in [0.15, 0.2) is 0 Å². The van der Waals surface area contributed by atoms with Crippen LogP contribution in [0.15, 0.2) is 41.6 Å². The fourth-order valence-electron chi connectivity index (χ4n) is 2.10. The SMILES string of the molecule is C/C(=N/Nc1nc(C)cc(C)n1)c1cnc2ccccc2n1. The lowest BCUT2D eigenvalue weighted by Crippen LogP contribution is -2.06. The van der Waals surface area contributed by atoms with E-state index < -0.39 is 0 Å². The van der Waals surface area contributed by atoms with Crippen LogP contribution in [0.2, 0.25) is 0 Å². The third kappa shape index (κ3) is 3.06. The molecule has 6 nitrogen and oxygen atoms in total. The molecule has 0 spiro atoms. The summed E-state index contributed by atoms with van der Waals surface area (Å²) < 4.78 is 0. The van der Waals surface area contributed by atoms with E-state index in [4.69, 9.17) is 0 Å². The maximum absolute atomic E-state index is 4.55. The zero-order valence-corrected chi connectivity index (χ0v) is 12.7. The summed E-state index contributed by atoms with van der Waals surface area (Å²) in [5.41, 5.74) is 7.82. The van der Waals surface area contributed by atoms with Crippen molar-refractivity contribution >= 4 is 22.7 Å². The zero-order chi connectivity index (χ0) is 15.5. The second-order valence-corrected chi connectivity index (χ2v) is 5.03. The Balaban J connectivity index is 1.86. The molecule has 0 aliphatic rings. The largest absolute Gasteiger partial charge is 0.252 e. The van der Waals surface area contributed by atoms with Gasteiger partial charge in [0.25, 0.3) is 0 Å². The number of nitrogens with one attached hydrogen (secondary N) is 1. The molecule has 2 heterocycles. The maximum Gasteiger partial charge on any atom is 0.243 e. The van der Waals surface area contributed by atoms with E-state index in [1.807, 2.05) is 51.1 Å². The van der Waals surface area contributed by atoms with Crippen molar-refractivity contribution in [1.29, 1.82) is 0 Å². The topological polar surface area (TPSA) is 76.0 Å². The Kier molecular flexibility index (Phi) is 3.74. The number of hydrazone groups is 1. The number of anilines is 1. The summed E-state index contributed by atoms with van der Waals surface area (Å²) in [5.74, 6) is 0.477. The molecule has 0 aliphatic heterocycles. The maximum atomic E-state index is 4.55. The highest BCUT2D eigenvalue weighted by atomic mass is 15.4. The molecule has 22 heavy (non-hydrogen) atoms. The quantitative estimate of drug-likeness (QED) is 0.593. The van der Waals surface area contributed by atoms with Gasteiger partial charge in [-0.05, 0) is 39.0 Å². The lowest BCUT2D eigenvalue weighted by atomic mass is 10.2. The van der Waals surface area contributed by atoms with E-state index in [0.29, 0.717) is 5.95 Å². The molecule has 0 aliphatic carbocycles. The van der Waals surface area contributed by atoms with Crippen LogP contribution in [0.5, 0.6) is 0 Å². The van der Waals surface area contributed by atoms with E-state index in [1.165, 1.54) is 0 Å². The minimum absolute atomic E-state index is 0.477. The molecule has 3 aromatic rings. The van der Waals surface area contributed by atoms with Gasteiger partial charge in [0.2, 0.25) is 5.95 Å². The van der Waals surface area contributed by atoms with Gasteiger partial charge in [-0.3, -0.25) is 4.98 Å². The molecule has 0 bridgehead atoms. The van der Waals surface area contributed by atoms with Gasteiger partial charge in [0.05, 0.1) is 22.9 Å². The van der Waals surface area contributed by atoms with Gasteiger partial charge in [-0.2, -0.15) is 5.10 Å². The molecule has 6 heteroatoms. The van der Waals surface area contributed by atoms with Crippen LogP contribution >= 0.6 is 0 Å². The first kappa shape index (κ1) is 14.1. The molecule has 2 aromatic heterocycles. The Morgan fingerprint density at radius 3 is 2.41 bits per heavy atom. The van der Waals surface area contributed by atoms with Gasteiger partial charge in [-0.15, -0.1) is 0 Å². The van der Waals surface area contributed by atoms with Crippen LogP contribution in [-0.2, 0) is 0 Å². The summed E-state index contributed by atoms with van der Waals surface area (Å²) in [6, 6.07) is 9.65. The van der Waals surface area contributed by atoms with E-state index in [0.717, 1.165) is 33.8 Å². The van der Waals surface area contributed by atoms with Crippen molar-refractivity contribution in [3.63, 3.8) is 0 Å². The van der Waals surface area contributed by atoms with Gasteiger partial charge in [0, 0.05) is 11.4 Å². The third-order valence-corrected chi connectivity index (χ3v) is 3.13. The number of rotatable bonds is 3. The smallest absolute Gasteiger partial charge is 0.243 e. The van der Waals surface area contributed by atoms with Gasteiger partial charge >= 0.3 is 0 Å². The van der Waals surface area contributed by atoms with Crippen LogP contribution in [0.4, 0.5) is 5.95 Å². The van der Waals surface area contributed by atoms with Crippen LogP contribution in [0, 0.1) is 13.8 Å². The molecule has 0 radical (unpaired) electrons. The monoisotopic (exact) mass is 292 g/mol. The number of fused-ring (bicyclic) bond motifs is 1. The average Bonchev–Trinajstić information content (AvgIpc) is 2.51. The Morgan fingerprint density at radius 1 is 1.00 bits per heavy atom. The fraction of sp³-hybridized carbons (Fsp3) is 0.188. The van der Waals surface area contributed by atoms with Gasteiger partial charge < -0.3 is 0 Å². The van der Waals surface area contributed by atoms with Crippen LogP contribution in [-0.4, -0.2) is 25.6 Å². The summed E-state index contributed by atoms with van der Waals surface area (Å²) in [7, 11) is 0. The number of para-hydroxylation sites is 2. The number of aryl methyl sites for hydroxylation is 2. The molecule has 3 rings (SSSR count). The Morgan fingerprint density at radius 2 is 1.68 bits per heavy atom. The molecule has 110 valence electrons. The number of hydrogen-bond donors (Lipinski definition) is 1. The zero-order valence-electron chi connectivity index (χ0n) is 12.7. The molecular weight excluding hydrogens is 276 g/mol. The minimum atomic E-state index is 0.477. The molecule has 0 fully saturated rings. The molecule has 1 aromatic carbocycles. The number of nitrogens with zero attached hydrogens (tertiary/aromatic N) is 5. The van der Waals surface area contributed by atoms with Crippen molar-refractivity contribution in [2.24, 2.45) is 5.10 Å². The highest BCUT2D eigenvalue weighted by molar-refractivity contribution is 5.98. The number of aromatic nitrogens is 4. The van der Waals surface area contributed by atoms with E-state index in [1.54, 1.807) is 6.20 Å². The van der Waals surface area contributed by atoms with Crippen molar-refractivity contribution in [3.05, 3.63) is 53.6 Å². The summed E-state index contributed by atoms with van der Waals surface area (Å²) in [6.07, 6.45) is 1.71. The molecule has 0 unspecified atom stereocenters. The third-order valence-electron chi connectivity index (χ3n) is 3.13. The van der Waals surface area contributed by atoms with Crippen LogP contribution < -0.4 is 5.43 Å². The van der Waals surface area contributed by atoms with E-state index >= 15 is 0 Å². The molecule has 0 atom stereocenters. The molecular formula is C16H16N6. The normalized spacial score (nSPS) is 11.7. The van der Waals surface area contributed by atoms with Gasteiger partial charge in [-0.25, -0.2) is 20.4 Å². The summed E-state index contributed by atoms with van der Waals surface area (Å²) in [4.78, 5) is 17.5. The van der Waals surface area contributed by atoms with Crippen molar-refractivity contribution in [2.75, 3.05) is 5.43 Å². The Labute approximate surface area is 128 Å². The first-order chi connectivity index (χ1) is 10.6. The van der Waals surface area contributed by atoms with Crippen molar-refractivity contribution < 1.29 is 0 Å². The van der Waals surface area contributed by atoms with E-state index in [-0.39, 0.29) is 0 Å². The predicted octanol–water partition coefficient (Wildman–Crippen LogP) is 2.87. The minimum Gasteiger partial charge on any atom is -0.252 e. The second-order valence-electron chi connectivity index (χ2n) is 5.03. The molecule has 0 saturated carbocycles. The van der Waals surface area contributed by atoms with Crippen molar-refractivity contribution in [2.45, 2.75) is 20.8 Å². The average molecular weight is 292 g/mol. The van der Waals surface area contributed by atoms with Gasteiger partial charge in [-0.1, -0.05) is 12.1 Å². The highest BCUT2D eigenvalue weighted by Gasteiger charge is 2.03. The molecule has 0 saturated heterocycles. The first-order valence-electron chi connectivity index (χ1n) is 6.96. The first-order valence-corrected chi connectivity index (χ1v) is 6.96. The lowest BCUT2D eigenvalue weighted by Gasteiger charge is -2.04.